The van der Waals surface area contributed by atoms with E-state index in [1.165, 1.54) is 17.2 Å². The van der Waals surface area contributed by atoms with E-state index < -0.39 is 41.7 Å². The van der Waals surface area contributed by atoms with E-state index in [1.54, 1.807) is 13.8 Å². The zero-order chi connectivity index (χ0) is 30.4. The van der Waals surface area contributed by atoms with Gasteiger partial charge in [0.1, 0.15) is 17.4 Å². The number of carboxylic acids is 1. The van der Waals surface area contributed by atoms with E-state index in [0.717, 1.165) is 25.8 Å². The SMILES string of the molecule is CCCCCCN(C)CNCC(=O)[C@H](CC(=O)O)NC(=O)C(CC)n1cc(CC)nc(NCc2nonc2C)c1=O. The zero-order valence-corrected chi connectivity index (χ0v) is 24.7. The molecule has 1 amide bonds. The first-order valence-electron chi connectivity index (χ1n) is 14.2. The van der Waals surface area contributed by atoms with Gasteiger partial charge in [-0.15, -0.1) is 0 Å². The fourth-order valence-electron chi connectivity index (χ4n) is 4.23. The molecule has 0 saturated carbocycles. The van der Waals surface area contributed by atoms with Crippen molar-refractivity contribution in [1.82, 2.24) is 35.4 Å². The minimum absolute atomic E-state index is 0.0270. The Bertz CT molecular complexity index is 1200. The number of amides is 1. The number of unbranched alkanes of at least 4 members (excludes halogenated alkanes) is 3. The summed E-state index contributed by atoms with van der Waals surface area (Å²) in [5, 5.41) is 25.5. The van der Waals surface area contributed by atoms with Crippen LogP contribution in [-0.4, -0.2) is 80.4 Å². The number of aromatic nitrogens is 4. The Hall–Kier alpha value is -3.65. The lowest BCUT2D eigenvalue weighted by atomic mass is 10.1. The molecule has 0 aliphatic carbocycles. The maximum absolute atomic E-state index is 13.4. The van der Waals surface area contributed by atoms with Crippen molar-refractivity contribution in [2.75, 3.05) is 32.1 Å². The number of rotatable bonds is 20. The first-order valence-corrected chi connectivity index (χ1v) is 14.2. The van der Waals surface area contributed by atoms with Gasteiger partial charge in [0, 0.05) is 12.9 Å². The van der Waals surface area contributed by atoms with Crippen molar-refractivity contribution >= 4 is 23.5 Å². The van der Waals surface area contributed by atoms with Gasteiger partial charge in [0.25, 0.3) is 5.56 Å². The number of anilines is 1. The third-order valence-electron chi connectivity index (χ3n) is 6.70. The third kappa shape index (κ3) is 10.7. The maximum Gasteiger partial charge on any atom is 0.305 e. The van der Waals surface area contributed by atoms with Gasteiger partial charge in [0.05, 0.1) is 31.2 Å². The minimum Gasteiger partial charge on any atom is -0.481 e. The summed E-state index contributed by atoms with van der Waals surface area (Å²) in [7, 11) is 1.94. The molecule has 14 heteroatoms. The van der Waals surface area contributed by atoms with Gasteiger partial charge < -0.3 is 15.7 Å². The Kier molecular flexibility index (Phi) is 14.1. The van der Waals surface area contributed by atoms with Crippen molar-refractivity contribution in [2.45, 2.75) is 91.3 Å². The van der Waals surface area contributed by atoms with E-state index in [0.29, 0.717) is 30.2 Å². The average Bonchev–Trinajstić information content (AvgIpc) is 3.35. The summed E-state index contributed by atoms with van der Waals surface area (Å²) in [4.78, 5) is 57.5. The van der Waals surface area contributed by atoms with Gasteiger partial charge >= 0.3 is 5.97 Å². The summed E-state index contributed by atoms with van der Waals surface area (Å²) in [5.74, 6) is -2.27. The van der Waals surface area contributed by atoms with Crippen LogP contribution in [0.25, 0.3) is 0 Å². The molecular formula is C27H44N8O6. The highest BCUT2D eigenvalue weighted by molar-refractivity contribution is 5.93. The van der Waals surface area contributed by atoms with Gasteiger partial charge in [-0.05, 0) is 39.8 Å². The quantitative estimate of drug-likeness (QED) is 0.132. The summed E-state index contributed by atoms with van der Waals surface area (Å²) in [6.07, 6.45) is 6.19. The van der Waals surface area contributed by atoms with Crippen LogP contribution in [0.3, 0.4) is 0 Å². The molecule has 0 aliphatic rings. The minimum atomic E-state index is -1.25. The molecule has 0 saturated heterocycles. The summed E-state index contributed by atoms with van der Waals surface area (Å²) in [6.45, 7) is 8.83. The summed E-state index contributed by atoms with van der Waals surface area (Å²) < 4.78 is 5.96. The number of hydrogen-bond donors (Lipinski definition) is 4. The summed E-state index contributed by atoms with van der Waals surface area (Å²) in [6, 6.07) is -2.24. The first kappa shape index (κ1) is 33.6. The number of Topliss-reactive ketones (excluding diaryl/α,β-unsaturated/α-hetero) is 1. The largest absolute Gasteiger partial charge is 0.481 e. The number of aryl methyl sites for hydroxylation is 2. The molecule has 4 N–H and O–H groups in total. The van der Waals surface area contributed by atoms with Gasteiger partial charge in [-0.1, -0.05) is 50.3 Å². The zero-order valence-electron chi connectivity index (χ0n) is 24.7. The van der Waals surface area contributed by atoms with Crippen molar-refractivity contribution in [3.63, 3.8) is 0 Å². The van der Waals surface area contributed by atoms with Crippen LogP contribution in [0.4, 0.5) is 5.82 Å². The van der Waals surface area contributed by atoms with Gasteiger partial charge in [-0.2, -0.15) is 0 Å². The first-order chi connectivity index (χ1) is 19.6. The van der Waals surface area contributed by atoms with Crippen LogP contribution in [0.2, 0.25) is 0 Å². The molecule has 0 spiro atoms. The lowest BCUT2D eigenvalue weighted by Crippen LogP contribution is -2.49. The molecule has 0 radical (unpaired) electrons. The number of ketones is 1. The highest BCUT2D eigenvalue weighted by Gasteiger charge is 2.28. The number of carbonyl (C=O) groups is 3. The second kappa shape index (κ2) is 17.2. The molecule has 1 unspecified atom stereocenters. The third-order valence-corrected chi connectivity index (χ3v) is 6.70. The van der Waals surface area contributed by atoms with E-state index in [1.807, 2.05) is 18.9 Å². The molecule has 228 valence electrons. The predicted octanol–water partition coefficient (Wildman–Crippen LogP) is 1.65. The topological polar surface area (TPSA) is 185 Å². The van der Waals surface area contributed by atoms with Crippen LogP contribution < -0.4 is 21.5 Å². The molecule has 2 rings (SSSR count). The number of carboxylic acid groups (broad SMARTS) is 1. The maximum atomic E-state index is 13.4. The number of nitrogens with zero attached hydrogens (tertiary/aromatic N) is 5. The van der Waals surface area contributed by atoms with Crippen LogP contribution in [0.1, 0.15) is 82.4 Å². The second-order valence-electron chi connectivity index (χ2n) is 10.1. The number of hydrogen-bond acceptors (Lipinski definition) is 11. The van der Waals surface area contributed by atoms with Crippen molar-refractivity contribution in [3.8, 4) is 0 Å². The fourth-order valence-corrected chi connectivity index (χ4v) is 4.23. The molecular weight excluding hydrogens is 532 g/mol. The highest BCUT2D eigenvalue weighted by atomic mass is 16.6. The van der Waals surface area contributed by atoms with Crippen molar-refractivity contribution in [3.05, 3.63) is 33.6 Å². The second-order valence-corrected chi connectivity index (χ2v) is 10.1. The molecule has 14 nitrogen and oxygen atoms in total. The molecule has 2 atom stereocenters. The van der Waals surface area contributed by atoms with Crippen LogP contribution in [0, 0.1) is 6.92 Å². The molecule has 2 aromatic heterocycles. The van der Waals surface area contributed by atoms with Gasteiger partial charge in [0.2, 0.25) is 5.91 Å². The summed E-state index contributed by atoms with van der Waals surface area (Å²) >= 11 is 0. The summed E-state index contributed by atoms with van der Waals surface area (Å²) in [5.41, 5.74) is 1.10. The van der Waals surface area contributed by atoms with E-state index in [-0.39, 0.29) is 25.3 Å². The fraction of sp³-hybridized carbons (Fsp3) is 0.667. The van der Waals surface area contributed by atoms with E-state index in [9.17, 15) is 24.3 Å². The lowest BCUT2D eigenvalue weighted by molar-refractivity contribution is -0.140. The van der Waals surface area contributed by atoms with Gasteiger partial charge in [0.15, 0.2) is 11.6 Å². The van der Waals surface area contributed by atoms with Gasteiger partial charge in [-0.3, -0.25) is 34.0 Å². The van der Waals surface area contributed by atoms with Gasteiger partial charge in [-0.25, -0.2) is 9.61 Å². The number of aliphatic carboxylic acids is 1. The normalized spacial score (nSPS) is 12.7. The predicted molar refractivity (Wildman–Crippen MR) is 152 cm³/mol. The smallest absolute Gasteiger partial charge is 0.305 e. The van der Waals surface area contributed by atoms with E-state index >= 15 is 0 Å². The molecule has 41 heavy (non-hydrogen) atoms. The monoisotopic (exact) mass is 576 g/mol. The van der Waals surface area contributed by atoms with Crippen molar-refractivity contribution in [2.24, 2.45) is 0 Å². The Morgan fingerprint density at radius 1 is 1.15 bits per heavy atom. The average molecular weight is 577 g/mol. The molecule has 0 aliphatic heterocycles. The Morgan fingerprint density at radius 3 is 2.51 bits per heavy atom. The molecule has 2 aromatic rings. The highest BCUT2D eigenvalue weighted by Crippen LogP contribution is 2.14. The number of carbonyl (C=O) groups excluding carboxylic acids is 2. The van der Waals surface area contributed by atoms with Crippen LogP contribution >= 0.6 is 0 Å². The molecule has 0 aromatic carbocycles. The number of nitrogens with one attached hydrogen (secondary N) is 3. The Balaban J connectivity index is 2.12. The van der Waals surface area contributed by atoms with E-state index in [4.69, 9.17) is 4.63 Å². The van der Waals surface area contributed by atoms with Crippen LogP contribution in [0.15, 0.2) is 15.6 Å². The van der Waals surface area contributed by atoms with E-state index in [2.05, 4.69) is 38.2 Å². The Morgan fingerprint density at radius 2 is 1.90 bits per heavy atom. The van der Waals surface area contributed by atoms with Crippen molar-refractivity contribution < 1.29 is 24.1 Å². The molecule has 0 fully saturated rings. The van der Waals surface area contributed by atoms with Crippen LogP contribution in [0.5, 0.6) is 0 Å². The molecule has 0 bridgehead atoms. The standard InChI is InChI=1S/C27H44N8O6/c1-6-9-10-11-12-34(5)17-28-15-23(36)20(13-24(37)38)31-26(39)22(8-3)35-16-19(7-2)30-25(27(35)40)29-14-21-18(4)32-41-33-21/h16,20,22,28H,6-15,17H2,1-5H3,(H,29,30)(H,31,39)(H,37,38)/t20-,22?/m0/s1. The van der Waals surface area contributed by atoms with Crippen molar-refractivity contribution in [1.29, 1.82) is 0 Å². The lowest BCUT2D eigenvalue weighted by Gasteiger charge is -2.23. The molecule has 2 heterocycles. The van der Waals surface area contributed by atoms with Crippen LogP contribution in [-0.2, 0) is 27.3 Å². The Labute approximate surface area is 240 Å².